The van der Waals surface area contributed by atoms with Crippen molar-refractivity contribution in [1.29, 1.82) is 0 Å². The van der Waals surface area contributed by atoms with Crippen LogP contribution in [-0.2, 0) is 12.8 Å². The quantitative estimate of drug-likeness (QED) is 0.496. The van der Waals surface area contributed by atoms with E-state index in [1.165, 1.54) is 10.7 Å². The van der Waals surface area contributed by atoms with E-state index in [0.717, 1.165) is 23.4 Å². The Kier molecular flexibility index (Phi) is 4.52. The maximum Gasteiger partial charge on any atom is 0.261 e. The second kappa shape index (κ2) is 7.15. The minimum absolute atomic E-state index is 0.0561. The Morgan fingerprint density at radius 3 is 2.71 bits per heavy atom. The monoisotopic (exact) mass is 376 g/mol. The van der Waals surface area contributed by atoms with Crippen molar-refractivity contribution >= 4 is 17.2 Å². The van der Waals surface area contributed by atoms with Crippen molar-refractivity contribution in [3.05, 3.63) is 70.8 Å². The first-order valence-electron chi connectivity index (χ1n) is 8.96. The second-order valence-corrected chi connectivity index (χ2v) is 6.63. The largest absolute Gasteiger partial charge is 0.493 e. The van der Waals surface area contributed by atoms with E-state index >= 15 is 0 Å². The van der Waals surface area contributed by atoms with Crippen LogP contribution in [0.15, 0.2) is 42.6 Å². The summed E-state index contributed by atoms with van der Waals surface area (Å²) in [5.74, 6) is -0.383. The van der Waals surface area contributed by atoms with E-state index in [1.807, 2.05) is 32.0 Å². The molecule has 0 fully saturated rings. The van der Waals surface area contributed by atoms with E-state index in [0.29, 0.717) is 29.0 Å². The van der Waals surface area contributed by atoms with Crippen LogP contribution in [0.5, 0.6) is 5.88 Å². The summed E-state index contributed by atoms with van der Waals surface area (Å²) in [6.07, 6.45) is 2.75. The molecule has 28 heavy (non-hydrogen) atoms. The zero-order chi connectivity index (χ0) is 19.7. The predicted octanol–water partition coefficient (Wildman–Crippen LogP) is 2.81. The fraction of sp³-hybridized carbons (Fsp3) is 0.200. The smallest absolute Gasteiger partial charge is 0.261 e. The number of carbonyl (C=O) groups excluding carboxylic acids is 1. The number of aromatic hydroxyl groups is 1. The summed E-state index contributed by atoms with van der Waals surface area (Å²) in [6, 6.07) is 10.7. The highest BCUT2D eigenvalue weighted by Gasteiger charge is 2.17. The zero-order valence-electron chi connectivity index (χ0n) is 15.6. The first-order valence-corrected chi connectivity index (χ1v) is 8.96. The van der Waals surface area contributed by atoms with Crippen LogP contribution in [-0.4, -0.2) is 35.8 Å². The number of aromatic amines is 1. The summed E-state index contributed by atoms with van der Waals surface area (Å²) in [5, 5.41) is 24.4. The summed E-state index contributed by atoms with van der Waals surface area (Å²) in [6.45, 7) is 3.93. The molecule has 0 bridgehead atoms. The lowest BCUT2D eigenvalue weighted by atomic mass is 10.1. The van der Waals surface area contributed by atoms with E-state index in [9.17, 15) is 9.90 Å². The van der Waals surface area contributed by atoms with Gasteiger partial charge in [0.25, 0.3) is 5.91 Å². The van der Waals surface area contributed by atoms with Crippen molar-refractivity contribution in [2.45, 2.75) is 26.7 Å². The fourth-order valence-electron chi connectivity index (χ4n) is 3.20. The van der Waals surface area contributed by atoms with Gasteiger partial charge in [0, 0.05) is 23.1 Å². The van der Waals surface area contributed by atoms with Crippen LogP contribution in [0, 0.1) is 13.8 Å². The van der Waals surface area contributed by atoms with Crippen molar-refractivity contribution in [3.63, 3.8) is 0 Å². The molecule has 3 N–H and O–H groups in total. The van der Waals surface area contributed by atoms with Gasteiger partial charge in [0.05, 0.1) is 11.9 Å². The number of hydrogen-bond acceptors (Lipinski definition) is 5. The number of benzene rings is 1. The molecule has 1 aromatic carbocycles. The van der Waals surface area contributed by atoms with Gasteiger partial charge in [0.1, 0.15) is 5.56 Å². The number of amides is 1. The molecule has 0 aliphatic rings. The van der Waals surface area contributed by atoms with Gasteiger partial charge in [-0.25, -0.2) is 4.98 Å². The number of hydrogen-bond donors (Lipinski definition) is 3. The summed E-state index contributed by atoms with van der Waals surface area (Å²) in [7, 11) is 0. The molecule has 4 rings (SSSR count). The Labute approximate surface area is 161 Å². The third kappa shape index (κ3) is 3.32. The lowest BCUT2D eigenvalue weighted by Crippen LogP contribution is -2.12. The second-order valence-electron chi connectivity index (χ2n) is 6.63. The highest BCUT2D eigenvalue weighted by atomic mass is 16.3. The topological polar surface area (TPSA) is 108 Å². The molecule has 0 saturated heterocycles. The molecule has 0 spiro atoms. The number of aromatic nitrogens is 5. The number of nitrogens with zero attached hydrogens (tertiary/aromatic N) is 4. The third-order valence-corrected chi connectivity index (χ3v) is 4.69. The zero-order valence-corrected chi connectivity index (χ0v) is 15.6. The van der Waals surface area contributed by atoms with Crippen LogP contribution in [0.4, 0.5) is 5.69 Å². The number of anilines is 1. The lowest BCUT2D eigenvalue weighted by molar-refractivity contribution is 0.102. The number of para-hydroxylation sites is 1. The summed E-state index contributed by atoms with van der Waals surface area (Å²) in [5.41, 5.74) is 5.10. The molecule has 3 heterocycles. The first-order chi connectivity index (χ1) is 13.5. The van der Waals surface area contributed by atoms with Gasteiger partial charge in [0.2, 0.25) is 5.88 Å². The normalized spacial score (nSPS) is 11.1. The van der Waals surface area contributed by atoms with Crippen molar-refractivity contribution < 1.29 is 9.90 Å². The molecular weight excluding hydrogens is 356 g/mol. The lowest BCUT2D eigenvalue weighted by Gasteiger charge is -2.06. The Morgan fingerprint density at radius 2 is 2.00 bits per heavy atom. The fourth-order valence-corrected chi connectivity index (χ4v) is 3.20. The summed E-state index contributed by atoms with van der Waals surface area (Å²) < 4.78 is 1.26. The highest BCUT2D eigenvalue weighted by Crippen LogP contribution is 2.20. The van der Waals surface area contributed by atoms with E-state index in [1.54, 1.807) is 18.2 Å². The van der Waals surface area contributed by atoms with E-state index < -0.39 is 0 Å². The van der Waals surface area contributed by atoms with Crippen molar-refractivity contribution in [2.75, 3.05) is 5.32 Å². The molecule has 0 unspecified atom stereocenters. The maximum absolute atomic E-state index is 12.6. The molecule has 0 aliphatic carbocycles. The van der Waals surface area contributed by atoms with Crippen LogP contribution >= 0.6 is 0 Å². The van der Waals surface area contributed by atoms with Gasteiger partial charge in [-0.1, -0.05) is 18.2 Å². The van der Waals surface area contributed by atoms with Gasteiger partial charge in [0.15, 0.2) is 5.65 Å². The van der Waals surface area contributed by atoms with E-state index in [2.05, 4.69) is 25.6 Å². The van der Waals surface area contributed by atoms with E-state index in [4.69, 9.17) is 0 Å². The molecule has 142 valence electrons. The van der Waals surface area contributed by atoms with Crippen molar-refractivity contribution in [1.82, 2.24) is 24.8 Å². The van der Waals surface area contributed by atoms with Gasteiger partial charge >= 0.3 is 0 Å². The SMILES string of the molecule is Cc1n[nH]c(C)c1CCc1cc(O)n2ncc(C(=O)Nc3ccccc3)c2n1. The Balaban J connectivity index is 1.62. The Hall–Kier alpha value is -3.68. The van der Waals surface area contributed by atoms with Crippen LogP contribution in [0.25, 0.3) is 5.65 Å². The number of nitrogens with one attached hydrogen (secondary N) is 2. The molecule has 1 amide bonds. The predicted molar refractivity (Wildman–Crippen MR) is 105 cm³/mol. The molecule has 3 aromatic heterocycles. The minimum atomic E-state index is -0.327. The van der Waals surface area contributed by atoms with Gasteiger partial charge < -0.3 is 10.4 Å². The van der Waals surface area contributed by atoms with Gasteiger partial charge in [-0.2, -0.15) is 14.7 Å². The number of aryl methyl sites for hydroxylation is 3. The van der Waals surface area contributed by atoms with Gasteiger partial charge in [-0.3, -0.25) is 9.89 Å². The number of carbonyl (C=O) groups is 1. The summed E-state index contributed by atoms with van der Waals surface area (Å²) in [4.78, 5) is 17.2. The molecule has 8 heteroatoms. The van der Waals surface area contributed by atoms with Crippen LogP contribution < -0.4 is 5.32 Å². The van der Waals surface area contributed by atoms with Gasteiger partial charge in [-0.15, -0.1) is 0 Å². The standard InChI is InChI=1S/C20H20N6O2/c1-12-16(13(2)25-24-12)9-8-15-10-18(27)26-19(22-15)17(11-21-26)20(28)23-14-6-4-3-5-7-14/h3-7,10-11,27H,8-9H2,1-2H3,(H,23,28)(H,24,25). The maximum atomic E-state index is 12.6. The highest BCUT2D eigenvalue weighted by molar-refractivity contribution is 6.08. The van der Waals surface area contributed by atoms with Crippen LogP contribution in [0.3, 0.4) is 0 Å². The Bertz CT molecular complexity index is 1130. The van der Waals surface area contributed by atoms with Crippen LogP contribution in [0.2, 0.25) is 0 Å². The van der Waals surface area contributed by atoms with Crippen LogP contribution in [0.1, 0.15) is 33.0 Å². The molecule has 8 nitrogen and oxygen atoms in total. The average Bonchev–Trinajstić information content (AvgIpc) is 3.25. The van der Waals surface area contributed by atoms with Crippen molar-refractivity contribution in [2.24, 2.45) is 0 Å². The third-order valence-electron chi connectivity index (χ3n) is 4.69. The summed E-state index contributed by atoms with van der Waals surface area (Å²) >= 11 is 0. The number of rotatable bonds is 5. The molecule has 0 aliphatic heterocycles. The molecule has 0 saturated carbocycles. The van der Waals surface area contributed by atoms with E-state index in [-0.39, 0.29) is 11.8 Å². The molecule has 4 aromatic rings. The Morgan fingerprint density at radius 1 is 1.21 bits per heavy atom. The van der Waals surface area contributed by atoms with Crippen molar-refractivity contribution in [3.8, 4) is 5.88 Å². The number of fused-ring (bicyclic) bond motifs is 1. The first kappa shape index (κ1) is 17.7. The molecule has 0 radical (unpaired) electrons. The molecule has 0 atom stereocenters. The number of H-pyrrole nitrogens is 1. The van der Waals surface area contributed by atoms with Gasteiger partial charge in [-0.05, 0) is 44.4 Å². The average molecular weight is 376 g/mol. The molecular formula is C20H20N6O2. The minimum Gasteiger partial charge on any atom is -0.493 e.